The first-order valence-electron chi connectivity index (χ1n) is 8.08. The number of hydrogen-bond acceptors (Lipinski definition) is 5. The standard InChI is InChI=1S/C20H15FN2O4/c1-13-11-15(8-9-18(13)23(25)26)20(24)27-19(17-7-2-3-10-22-17)14-5-4-6-16(21)12-14/h2-12,19H,1H3. The van der Waals surface area contributed by atoms with Crippen molar-refractivity contribution in [2.45, 2.75) is 13.0 Å². The highest BCUT2D eigenvalue weighted by molar-refractivity contribution is 5.90. The number of aromatic nitrogens is 1. The molecule has 3 rings (SSSR count). The van der Waals surface area contributed by atoms with Crippen molar-refractivity contribution in [1.29, 1.82) is 0 Å². The summed E-state index contributed by atoms with van der Waals surface area (Å²) in [6, 6.07) is 14.8. The Balaban J connectivity index is 1.94. The molecule has 0 saturated heterocycles. The molecule has 27 heavy (non-hydrogen) atoms. The Labute approximate surface area is 154 Å². The number of aryl methyl sites for hydroxylation is 1. The van der Waals surface area contributed by atoms with Crippen LogP contribution in [0.3, 0.4) is 0 Å². The zero-order chi connectivity index (χ0) is 19.4. The van der Waals surface area contributed by atoms with Crippen molar-refractivity contribution < 1.29 is 18.8 Å². The molecule has 0 bridgehead atoms. The Hall–Kier alpha value is -3.61. The maximum atomic E-state index is 13.7. The van der Waals surface area contributed by atoms with Gasteiger partial charge in [0.25, 0.3) is 5.69 Å². The Kier molecular flexibility index (Phi) is 5.21. The zero-order valence-corrected chi connectivity index (χ0v) is 14.3. The van der Waals surface area contributed by atoms with Crippen molar-refractivity contribution in [2.24, 2.45) is 0 Å². The van der Waals surface area contributed by atoms with Gasteiger partial charge in [-0.25, -0.2) is 9.18 Å². The lowest BCUT2D eigenvalue weighted by atomic mass is 10.1. The summed E-state index contributed by atoms with van der Waals surface area (Å²) in [6.45, 7) is 1.54. The second-order valence-corrected chi connectivity index (χ2v) is 5.85. The van der Waals surface area contributed by atoms with Crippen LogP contribution >= 0.6 is 0 Å². The number of nitrogens with zero attached hydrogens (tertiary/aromatic N) is 2. The fourth-order valence-corrected chi connectivity index (χ4v) is 2.66. The third kappa shape index (κ3) is 4.14. The smallest absolute Gasteiger partial charge is 0.339 e. The largest absolute Gasteiger partial charge is 0.447 e. The molecule has 3 aromatic rings. The van der Waals surface area contributed by atoms with Gasteiger partial charge in [0, 0.05) is 23.4 Å². The summed E-state index contributed by atoms with van der Waals surface area (Å²) < 4.78 is 19.2. The molecule has 2 aromatic carbocycles. The summed E-state index contributed by atoms with van der Waals surface area (Å²) in [7, 11) is 0. The third-order valence-electron chi connectivity index (χ3n) is 3.96. The van der Waals surface area contributed by atoms with Crippen molar-refractivity contribution in [3.8, 4) is 0 Å². The van der Waals surface area contributed by atoms with Gasteiger partial charge in [-0.05, 0) is 43.3 Å². The molecule has 0 amide bonds. The van der Waals surface area contributed by atoms with E-state index in [1.165, 1.54) is 43.3 Å². The molecule has 0 fully saturated rings. The molecule has 0 aliphatic heterocycles. The number of nitro benzene ring substituents is 1. The van der Waals surface area contributed by atoms with Crippen molar-refractivity contribution in [2.75, 3.05) is 0 Å². The summed E-state index contributed by atoms with van der Waals surface area (Å²) in [4.78, 5) is 27.2. The summed E-state index contributed by atoms with van der Waals surface area (Å²) in [5.74, 6) is -1.15. The van der Waals surface area contributed by atoms with Crippen molar-refractivity contribution in [1.82, 2.24) is 4.98 Å². The van der Waals surface area contributed by atoms with Crippen LogP contribution < -0.4 is 0 Å². The predicted octanol–water partition coefficient (Wildman–Crippen LogP) is 4.38. The van der Waals surface area contributed by atoms with E-state index in [-0.39, 0.29) is 11.3 Å². The predicted molar refractivity (Wildman–Crippen MR) is 95.7 cm³/mol. The van der Waals surface area contributed by atoms with E-state index in [0.717, 1.165) is 0 Å². The van der Waals surface area contributed by atoms with Crippen LogP contribution in [0.2, 0.25) is 0 Å². The fraction of sp³-hybridized carbons (Fsp3) is 0.100. The Morgan fingerprint density at radius 3 is 2.59 bits per heavy atom. The minimum Gasteiger partial charge on any atom is -0.447 e. The Morgan fingerprint density at radius 2 is 1.96 bits per heavy atom. The lowest BCUT2D eigenvalue weighted by Crippen LogP contribution is -2.14. The van der Waals surface area contributed by atoms with E-state index in [9.17, 15) is 19.3 Å². The molecule has 0 spiro atoms. The van der Waals surface area contributed by atoms with Crippen molar-refractivity contribution >= 4 is 11.7 Å². The summed E-state index contributed by atoms with van der Waals surface area (Å²) in [5.41, 5.74) is 1.29. The maximum Gasteiger partial charge on any atom is 0.339 e. The van der Waals surface area contributed by atoms with Gasteiger partial charge in [-0.2, -0.15) is 0 Å². The monoisotopic (exact) mass is 366 g/mol. The number of benzene rings is 2. The summed E-state index contributed by atoms with van der Waals surface area (Å²) >= 11 is 0. The molecule has 6 nitrogen and oxygen atoms in total. The van der Waals surface area contributed by atoms with E-state index in [4.69, 9.17) is 4.74 Å². The van der Waals surface area contributed by atoms with Crippen LogP contribution in [-0.2, 0) is 4.74 Å². The highest BCUT2D eigenvalue weighted by Crippen LogP contribution is 2.27. The molecule has 0 radical (unpaired) electrons. The summed E-state index contributed by atoms with van der Waals surface area (Å²) in [6.07, 6.45) is 0.635. The van der Waals surface area contributed by atoms with E-state index in [1.807, 2.05) is 0 Å². The number of carbonyl (C=O) groups excluding carboxylic acids is 1. The molecule has 0 saturated carbocycles. The van der Waals surface area contributed by atoms with Gasteiger partial charge in [-0.15, -0.1) is 0 Å². The van der Waals surface area contributed by atoms with E-state index in [2.05, 4.69) is 4.98 Å². The van der Waals surface area contributed by atoms with Crippen LogP contribution in [0, 0.1) is 22.9 Å². The number of nitro groups is 1. The lowest BCUT2D eigenvalue weighted by Gasteiger charge is -2.18. The molecule has 136 valence electrons. The fourth-order valence-electron chi connectivity index (χ4n) is 2.66. The second kappa shape index (κ2) is 7.74. The molecule has 0 aliphatic rings. The first-order valence-corrected chi connectivity index (χ1v) is 8.08. The highest BCUT2D eigenvalue weighted by atomic mass is 19.1. The third-order valence-corrected chi connectivity index (χ3v) is 3.96. The lowest BCUT2D eigenvalue weighted by molar-refractivity contribution is -0.385. The van der Waals surface area contributed by atoms with Crippen LogP contribution in [-0.4, -0.2) is 15.9 Å². The minimum absolute atomic E-state index is 0.0852. The number of rotatable bonds is 5. The van der Waals surface area contributed by atoms with Crippen LogP contribution in [0.15, 0.2) is 66.9 Å². The van der Waals surface area contributed by atoms with Gasteiger partial charge in [-0.1, -0.05) is 18.2 Å². The SMILES string of the molecule is Cc1cc(C(=O)OC(c2cccc(F)c2)c2ccccn2)ccc1[N+](=O)[O-]. The number of pyridine rings is 1. The average Bonchev–Trinajstić information content (AvgIpc) is 2.66. The highest BCUT2D eigenvalue weighted by Gasteiger charge is 2.23. The molecular formula is C20H15FN2O4. The molecule has 1 heterocycles. The normalized spacial score (nSPS) is 11.6. The second-order valence-electron chi connectivity index (χ2n) is 5.85. The number of carbonyl (C=O) groups is 1. The first-order chi connectivity index (χ1) is 13.0. The van der Waals surface area contributed by atoms with Gasteiger partial charge in [-0.3, -0.25) is 15.1 Å². The Bertz CT molecular complexity index is 992. The quantitative estimate of drug-likeness (QED) is 0.380. The Morgan fingerprint density at radius 1 is 1.15 bits per heavy atom. The molecule has 1 aromatic heterocycles. The van der Waals surface area contributed by atoms with E-state index < -0.39 is 22.8 Å². The van der Waals surface area contributed by atoms with Gasteiger partial charge in [0.1, 0.15) is 5.82 Å². The molecule has 0 aliphatic carbocycles. The first kappa shape index (κ1) is 18.2. The van der Waals surface area contributed by atoms with Crippen molar-refractivity contribution in [3.63, 3.8) is 0 Å². The molecule has 1 unspecified atom stereocenters. The van der Waals surface area contributed by atoms with Crippen LogP contribution in [0.25, 0.3) is 0 Å². The van der Waals surface area contributed by atoms with Gasteiger partial charge in [0.05, 0.1) is 16.2 Å². The van der Waals surface area contributed by atoms with Crippen molar-refractivity contribution in [3.05, 3.63) is 105 Å². The van der Waals surface area contributed by atoms with Gasteiger partial charge in [0.2, 0.25) is 0 Å². The summed E-state index contributed by atoms with van der Waals surface area (Å²) in [5, 5.41) is 10.9. The van der Waals surface area contributed by atoms with E-state index >= 15 is 0 Å². The van der Waals surface area contributed by atoms with Gasteiger partial charge < -0.3 is 4.74 Å². The molecule has 0 N–H and O–H groups in total. The molecular weight excluding hydrogens is 351 g/mol. The van der Waals surface area contributed by atoms with Crippen LogP contribution in [0.5, 0.6) is 0 Å². The van der Waals surface area contributed by atoms with Gasteiger partial charge >= 0.3 is 5.97 Å². The topological polar surface area (TPSA) is 82.3 Å². The number of esters is 1. The number of ether oxygens (including phenoxy) is 1. The van der Waals surface area contributed by atoms with Crippen LogP contribution in [0.1, 0.15) is 33.3 Å². The molecule has 1 atom stereocenters. The molecule has 7 heteroatoms. The average molecular weight is 366 g/mol. The van der Waals surface area contributed by atoms with Crippen LogP contribution in [0.4, 0.5) is 10.1 Å². The number of hydrogen-bond donors (Lipinski definition) is 0. The number of halogens is 1. The van der Waals surface area contributed by atoms with Gasteiger partial charge in [0.15, 0.2) is 6.10 Å². The van der Waals surface area contributed by atoms with E-state index in [1.54, 1.807) is 30.5 Å². The van der Waals surface area contributed by atoms with E-state index in [0.29, 0.717) is 16.8 Å². The minimum atomic E-state index is -0.912. The maximum absolute atomic E-state index is 13.7. The zero-order valence-electron chi connectivity index (χ0n) is 14.3.